The molecule has 2 nitrogen and oxygen atoms in total. The van der Waals surface area contributed by atoms with Gasteiger partial charge in [0, 0.05) is 0 Å². The number of hydrogen-bond acceptors (Lipinski definition) is 2. The van der Waals surface area contributed by atoms with Crippen molar-refractivity contribution in [2.24, 2.45) is 0 Å². The molecule has 2 heterocycles. The van der Waals surface area contributed by atoms with Crippen molar-refractivity contribution in [3.63, 3.8) is 0 Å². The van der Waals surface area contributed by atoms with E-state index < -0.39 is 8.07 Å². The van der Waals surface area contributed by atoms with E-state index in [1.54, 1.807) is 0 Å². The molecular weight excluding hydrogens is 383 g/mol. The Kier molecular flexibility index (Phi) is 4.24. The van der Waals surface area contributed by atoms with E-state index in [2.05, 4.69) is 108 Å². The molecule has 0 saturated carbocycles. The summed E-state index contributed by atoms with van der Waals surface area (Å²) in [6, 6.07) is 24.2. The molecule has 0 spiro atoms. The molecular formula is C26H29BO2Si. The van der Waals surface area contributed by atoms with Gasteiger partial charge in [0.15, 0.2) is 0 Å². The van der Waals surface area contributed by atoms with Gasteiger partial charge in [0.2, 0.25) is 0 Å². The molecule has 0 aromatic heterocycles. The first-order valence-electron chi connectivity index (χ1n) is 10.8. The summed E-state index contributed by atoms with van der Waals surface area (Å²) < 4.78 is 13.0. The fourth-order valence-electron chi connectivity index (χ4n) is 4.88. The summed E-state index contributed by atoms with van der Waals surface area (Å²) in [6.07, 6.45) is 0. The van der Waals surface area contributed by atoms with Crippen LogP contribution in [0.1, 0.15) is 27.7 Å². The van der Waals surface area contributed by atoms with Crippen LogP contribution in [0.25, 0.3) is 22.3 Å². The first-order valence-corrected chi connectivity index (χ1v) is 13.8. The highest BCUT2D eigenvalue weighted by Gasteiger charge is 2.53. The van der Waals surface area contributed by atoms with Crippen molar-refractivity contribution in [1.82, 2.24) is 0 Å². The highest BCUT2D eigenvalue weighted by atomic mass is 28.3. The quantitative estimate of drug-likeness (QED) is 0.579. The zero-order valence-electron chi connectivity index (χ0n) is 18.7. The van der Waals surface area contributed by atoms with Crippen molar-refractivity contribution in [2.45, 2.75) is 52.0 Å². The Morgan fingerprint density at radius 3 is 1.87 bits per heavy atom. The molecule has 0 unspecified atom stereocenters. The van der Waals surface area contributed by atoms with Gasteiger partial charge in [-0.05, 0) is 65.8 Å². The Balaban J connectivity index is 1.77. The highest BCUT2D eigenvalue weighted by Crippen LogP contribution is 2.40. The summed E-state index contributed by atoms with van der Waals surface area (Å²) in [5.41, 5.74) is 5.73. The van der Waals surface area contributed by atoms with Crippen LogP contribution >= 0.6 is 0 Å². The van der Waals surface area contributed by atoms with Crippen LogP contribution in [0.15, 0.2) is 66.7 Å². The first-order chi connectivity index (χ1) is 14.1. The van der Waals surface area contributed by atoms with Gasteiger partial charge in [0.1, 0.15) is 8.07 Å². The van der Waals surface area contributed by atoms with E-state index in [1.165, 1.54) is 32.6 Å². The van der Waals surface area contributed by atoms with Crippen LogP contribution in [0.3, 0.4) is 0 Å². The topological polar surface area (TPSA) is 18.5 Å². The summed E-state index contributed by atoms with van der Waals surface area (Å²) in [6.45, 7) is 13.4. The summed E-state index contributed by atoms with van der Waals surface area (Å²) in [5, 5.41) is 2.98. The molecule has 1 fully saturated rings. The van der Waals surface area contributed by atoms with Gasteiger partial charge in [-0.2, -0.15) is 0 Å². The summed E-state index contributed by atoms with van der Waals surface area (Å²) in [4.78, 5) is 0. The van der Waals surface area contributed by atoms with E-state index >= 15 is 0 Å². The largest absolute Gasteiger partial charge is 0.495 e. The average Bonchev–Trinajstić information content (AvgIpc) is 3.08. The monoisotopic (exact) mass is 412 g/mol. The minimum Gasteiger partial charge on any atom is -0.399 e. The molecule has 0 radical (unpaired) electrons. The van der Waals surface area contributed by atoms with E-state index in [0.717, 1.165) is 5.46 Å². The number of rotatable bonds is 2. The van der Waals surface area contributed by atoms with E-state index in [9.17, 15) is 0 Å². The van der Waals surface area contributed by atoms with Gasteiger partial charge in [0.05, 0.1) is 11.2 Å². The van der Waals surface area contributed by atoms with Crippen LogP contribution in [0.5, 0.6) is 0 Å². The van der Waals surface area contributed by atoms with Gasteiger partial charge < -0.3 is 9.31 Å². The third-order valence-corrected chi connectivity index (χ3v) is 10.9. The molecule has 0 aliphatic carbocycles. The molecule has 2 aliphatic heterocycles. The Bertz CT molecular complexity index is 1120. The highest BCUT2D eigenvalue weighted by molar-refractivity contribution is 7.04. The molecule has 0 amide bonds. The molecule has 3 aromatic rings. The molecule has 30 heavy (non-hydrogen) atoms. The third kappa shape index (κ3) is 2.71. The van der Waals surface area contributed by atoms with E-state index in [1.807, 2.05) is 0 Å². The number of hydrogen-bond donors (Lipinski definition) is 0. The molecule has 4 heteroatoms. The maximum Gasteiger partial charge on any atom is 0.495 e. The van der Waals surface area contributed by atoms with Gasteiger partial charge in [-0.25, -0.2) is 0 Å². The van der Waals surface area contributed by atoms with Crippen molar-refractivity contribution in [2.75, 3.05) is 0 Å². The second-order valence-electron chi connectivity index (χ2n) is 10.1. The SMILES string of the molecule is CC1(C)OB(c2cccc3c2-c2c(-c4ccccc4)cccc2[Si]3(C)C)OC1(C)C. The van der Waals surface area contributed by atoms with Gasteiger partial charge in [-0.1, -0.05) is 79.8 Å². The maximum atomic E-state index is 6.50. The van der Waals surface area contributed by atoms with Gasteiger partial charge in [-0.15, -0.1) is 0 Å². The van der Waals surface area contributed by atoms with Crippen LogP contribution in [0, 0.1) is 0 Å². The van der Waals surface area contributed by atoms with Crippen molar-refractivity contribution in [3.8, 4) is 22.3 Å². The van der Waals surface area contributed by atoms with Crippen molar-refractivity contribution in [3.05, 3.63) is 66.7 Å². The Labute approximate surface area is 181 Å². The molecule has 152 valence electrons. The van der Waals surface area contributed by atoms with Crippen LogP contribution in [0.4, 0.5) is 0 Å². The lowest BCUT2D eigenvalue weighted by molar-refractivity contribution is 0.00578. The van der Waals surface area contributed by atoms with Gasteiger partial charge >= 0.3 is 7.12 Å². The molecule has 0 N–H and O–H groups in total. The Morgan fingerprint density at radius 1 is 0.667 bits per heavy atom. The minimum absolute atomic E-state index is 0.353. The van der Waals surface area contributed by atoms with Crippen molar-refractivity contribution in [1.29, 1.82) is 0 Å². The first kappa shape index (κ1) is 19.8. The van der Waals surface area contributed by atoms with Crippen LogP contribution in [0.2, 0.25) is 13.1 Å². The predicted molar refractivity (Wildman–Crippen MR) is 130 cm³/mol. The molecule has 3 aromatic carbocycles. The van der Waals surface area contributed by atoms with E-state index in [4.69, 9.17) is 9.31 Å². The summed E-state index contributed by atoms with van der Waals surface area (Å²) in [7, 11) is -2.17. The van der Waals surface area contributed by atoms with Gasteiger partial charge in [-0.3, -0.25) is 0 Å². The average molecular weight is 412 g/mol. The van der Waals surface area contributed by atoms with E-state index in [0.29, 0.717) is 0 Å². The summed E-state index contributed by atoms with van der Waals surface area (Å²) >= 11 is 0. The molecule has 1 saturated heterocycles. The van der Waals surface area contributed by atoms with Crippen molar-refractivity contribution >= 4 is 31.0 Å². The molecule has 2 aliphatic rings. The van der Waals surface area contributed by atoms with E-state index in [-0.39, 0.29) is 18.3 Å². The lowest BCUT2D eigenvalue weighted by atomic mass is 9.73. The fraction of sp³-hybridized carbons (Fsp3) is 0.308. The second kappa shape index (κ2) is 6.43. The zero-order valence-corrected chi connectivity index (χ0v) is 19.7. The lowest BCUT2D eigenvalue weighted by Gasteiger charge is -2.32. The van der Waals surface area contributed by atoms with Crippen LogP contribution in [-0.4, -0.2) is 26.4 Å². The Morgan fingerprint density at radius 2 is 1.23 bits per heavy atom. The van der Waals surface area contributed by atoms with Crippen molar-refractivity contribution < 1.29 is 9.31 Å². The lowest BCUT2D eigenvalue weighted by Crippen LogP contribution is -2.50. The zero-order chi connectivity index (χ0) is 21.3. The molecule has 0 bridgehead atoms. The fourth-order valence-corrected chi connectivity index (χ4v) is 7.98. The number of benzene rings is 3. The Hall–Kier alpha value is -2.14. The predicted octanol–water partition coefficient (Wildman–Crippen LogP) is 4.46. The molecule has 0 atom stereocenters. The summed E-state index contributed by atoms with van der Waals surface area (Å²) in [5.74, 6) is 0. The second-order valence-corrected chi connectivity index (χ2v) is 14.4. The standard InChI is InChI=1S/C26H29BO2Si/c1-25(2)26(3,4)29-27(28-25)20-15-11-17-22-24(20)23-19(18-12-8-7-9-13-18)14-10-16-21(23)30(22,5)6/h7-17H,1-6H3. The number of fused-ring (bicyclic) bond motifs is 3. The van der Waals surface area contributed by atoms with Crippen LogP contribution in [-0.2, 0) is 9.31 Å². The maximum absolute atomic E-state index is 6.50. The van der Waals surface area contributed by atoms with Gasteiger partial charge in [0.25, 0.3) is 0 Å². The molecule has 5 rings (SSSR count). The normalized spacial score (nSPS) is 20.1. The smallest absolute Gasteiger partial charge is 0.399 e. The minimum atomic E-state index is -1.81. The third-order valence-electron chi connectivity index (χ3n) is 7.35. The van der Waals surface area contributed by atoms with Crippen LogP contribution < -0.4 is 15.8 Å².